The van der Waals surface area contributed by atoms with E-state index in [4.69, 9.17) is 8.83 Å². The van der Waals surface area contributed by atoms with Crippen LogP contribution in [0.15, 0.2) is 56.6 Å². The lowest BCUT2D eigenvalue weighted by atomic mass is 9.93. The Balaban J connectivity index is 1.33. The third-order valence-electron chi connectivity index (χ3n) is 6.86. The number of nitrogens with zero attached hydrogens (tertiary/aromatic N) is 2. The number of hydrogen-bond acceptors (Lipinski definition) is 7. The highest BCUT2D eigenvalue weighted by atomic mass is 16.6. The van der Waals surface area contributed by atoms with Crippen LogP contribution in [-0.2, 0) is 17.6 Å². The van der Waals surface area contributed by atoms with Gasteiger partial charge in [0, 0.05) is 46.3 Å². The summed E-state index contributed by atoms with van der Waals surface area (Å²) in [6.07, 6.45) is 3.72. The summed E-state index contributed by atoms with van der Waals surface area (Å²) in [5.74, 6) is -0.0657. The van der Waals surface area contributed by atoms with Crippen molar-refractivity contribution >= 4 is 39.9 Å². The molecule has 194 valence electrons. The second kappa shape index (κ2) is 9.97. The van der Waals surface area contributed by atoms with Gasteiger partial charge in [0.05, 0.1) is 23.3 Å². The molecule has 2 amide bonds. The number of non-ortho nitro benzene ring substituents is 1. The number of carbonyl (C=O) groups excluding carboxylic acids is 2. The number of nitro benzene ring substituents is 1. The molecule has 0 saturated heterocycles. The molecule has 2 heterocycles. The van der Waals surface area contributed by atoms with Crippen molar-refractivity contribution in [1.82, 2.24) is 5.43 Å². The molecule has 0 spiro atoms. The molecule has 0 unspecified atom stereocenters. The van der Waals surface area contributed by atoms with Gasteiger partial charge in [0.2, 0.25) is 5.91 Å². The minimum atomic E-state index is -0.527. The predicted molar refractivity (Wildman–Crippen MR) is 142 cm³/mol. The van der Waals surface area contributed by atoms with Crippen molar-refractivity contribution in [2.24, 2.45) is 5.10 Å². The van der Waals surface area contributed by atoms with Crippen LogP contribution in [-0.4, -0.2) is 22.4 Å². The van der Waals surface area contributed by atoms with Crippen LogP contribution in [0, 0.1) is 30.9 Å². The maximum absolute atomic E-state index is 12.9. The molecule has 0 saturated carbocycles. The van der Waals surface area contributed by atoms with Gasteiger partial charge in [-0.3, -0.25) is 19.7 Å². The Hall–Kier alpha value is -4.73. The molecule has 10 nitrogen and oxygen atoms in total. The van der Waals surface area contributed by atoms with Crippen LogP contribution in [0.25, 0.3) is 11.0 Å². The second-order valence-corrected chi connectivity index (χ2v) is 9.38. The van der Waals surface area contributed by atoms with Gasteiger partial charge in [-0.05, 0) is 50.8 Å². The Bertz CT molecular complexity index is 1630. The highest BCUT2D eigenvalue weighted by Crippen LogP contribution is 2.31. The third kappa shape index (κ3) is 4.68. The number of hydrogen-bond donors (Lipinski definition) is 2. The zero-order valence-corrected chi connectivity index (χ0v) is 21.2. The van der Waals surface area contributed by atoms with Gasteiger partial charge < -0.3 is 14.2 Å². The first kappa shape index (κ1) is 24.9. The fourth-order valence-corrected chi connectivity index (χ4v) is 4.75. The molecule has 1 aliphatic rings. The van der Waals surface area contributed by atoms with Gasteiger partial charge in [0.15, 0.2) is 5.76 Å². The number of rotatable bonds is 6. The predicted octanol–water partition coefficient (Wildman–Crippen LogP) is 5.51. The van der Waals surface area contributed by atoms with Crippen LogP contribution in [0.1, 0.15) is 57.0 Å². The molecule has 0 fully saturated rings. The van der Waals surface area contributed by atoms with Gasteiger partial charge in [0.25, 0.3) is 11.6 Å². The van der Waals surface area contributed by atoms with Gasteiger partial charge in [-0.1, -0.05) is 18.2 Å². The van der Waals surface area contributed by atoms with Crippen molar-refractivity contribution in [3.63, 3.8) is 0 Å². The van der Waals surface area contributed by atoms with Crippen LogP contribution in [0.2, 0.25) is 0 Å². The van der Waals surface area contributed by atoms with Crippen LogP contribution in [0.5, 0.6) is 0 Å². The molecule has 2 aromatic carbocycles. The van der Waals surface area contributed by atoms with E-state index in [0.717, 1.165) is 34.1 Å². The maximum atomic E-state index is 12.9. The fourth-order valence-electron chi connectivity index (χ4n) is 4.75. The van der Waals surface area contributed by atoms with E-state index in [2.05, 4.69) is 15.8 Å². The monoisotopic (exact) mass is 514 g/mol. The Labute approximate surface area is 217 Å². The number of nitrogens with one attached hydrogen (secondary N) is 2. The van der Waals surface area contributed by atoms with E-state index >= 15 is 0 Å². The van der Waals surface area contributed by atoms with Crippen LogP contribution in [0.4, 0.5) is 11.4 Å². The topological polar surface area (TPSA) is 140 Å². The molecule has 5 rings (SSSR count). The highest BCUT2D eigenvalue weighted by Gasteiger charge is 2.28. The number of amides is 2. The van der Waals surface area contributed by atoms with E-state index in [-0.39, 0.29) is 29.5 Å². The van der Waals surface area contributed by atoms with E-state index in [1.165, 1.54) is 18.2 Å². The molecule has 2 N–H and O–H groups in total. The van der Waals surface area contributed by atoms with Crippen LogP contribution < -0.4 is 10.7 Å². The molecule has 10 heteroatoms. The number of carbonyl (C=O) groups is 2. The number of aryl methyl sites for hydroxylation is 3. The SMILES string of the molecule is Cc1ccc2c(CC(=O)N/N=C3\CCCc4oc(C(=O)Nc5cccc([N+](=O)[O-])c5)c(C)c43)coc2c1C. The number of anilines is 1. The van der Waals surface area contributed by atoms with Gasteiger partial charge >= 0.3 is 0 Å². The summed E-state index contributed by atoms with van der Waals surface area (Å²) in [5.41, 5.74) is 8.48. The van der Waals surface area contributed by atoms with E-state index in [0.29, 0.717) is 35.4 Å². The minimum absolute atomic E-state index is 0.109. The molecule has 0 bridgehead atoms. The van der Waals surface area contributed by atoms with Crippen molar-refractivity contribution in [1.29, 1.82) is 0 Å². The molecule has 0 atom stereocenters. The summed E-state index contributed by atoms with van der Waals surface area (Å²) in [6, 6.07) is 9.66. The van der Waals surface area contributed by atoms with Gasteiger partial charge in [-0.2, -0.15) is 5.10 Å². The van der Waals surface area contributed by atoms with Gasteiger partial charge in [0.1, 0.15) is 11.3 Å². The number of nitro groups is 1. The molecule has 2 aromatic heterocycles. The summed E-state index contributed by atoms with van der Waals surface area (Å²) in [4.78, 5) is 36.2. The number of benzene rings is 2. The quantitative estimate of drug-likeness (QED) is 0.257. The fraction of sp³-hybridized carbons (Fsp3) is 0.250. The number of furan rings is 2. The zero-order chi connectivity index (χ0) is 27.0. The average molecular weight is 515 g/mol. The molecular weight excluding hydrogens is 488 g/mol. The lowest BCUT2D eigenvalue weighted by Crippen LogP contribution is -2.23. The first-order valence-electron chi connectivity index (χ1n) is 12.2. The van der Waals surface area contributed by atoms with E-state index < -0.39 is 10.8 Å². The van der Waals surface area contributed by atoms with Crippen LogP contribution >= 0.6 is 0 Å². The summed E-state index contributed by atoms with van der Waals surface area (Å²) >= 11 is 0. The zero-order valence-electron chi connectivity index (χ0n) is 21.2. The summed E-state index contributed by atoms with van der Waals surface area (Å²) in [6.45, 7) is 5.76. The molecule has 1 aliphatic carbocycles. The van der Waals surface area contributed by atoms with E-state index in [9.17, 15) is 19.7 Å². The Morgan fingerprint density at radius 1 is 1.11 bits per heavy atom. The van der Waals surface area contributed by atoms with Crippen molar-refractivity contribution < 1.29 is 23.3 Å². The van der Waals surface area contributed by atoms with Crippen molar-refractivity contribution in [2.75, 3.05) is 5.32 Å². The smallest absolute Gasteiger partial charge is 0.291 e. The van der Waals surface area contributed by atoms with Gasteiger partial charge in [-0.15, -0.1) is 0 Å². The number of hydrazone groups is 1. The van der Waals surface area contributed by atoms with Gasteiger partial charge in [-0.25, -0.2) is 5.43 Å². The minimum Gasteiger partial charge on any atom is -0.464 e. The lowest BCUT2D eigenvalue weighted by Gasteiger charge is -2.13. The molecule has 4 aromatic rings. The molecule has 38 heavy (non-hydrogen) atoms. The third-order valence-corrected chi connectivity index (χ3v) is 6.86. The van der Waals surface area contributed by atoms with Crippen molar-refractivity contribution in [3.8, 4) is 0 Å². The lowest BCUT2D eigenvalue weighted by molar-refractivity contribution is -0.384. The summed E-state index contributed by atoms with van der Waals surface area (Å²) in [7, 11) is 0. The number of fused-ring (bicyclic) bond motifs is 2. The summed E-state index contributed by atoms with van der Waals surface area (Å²) in [5, 5.41) is 19.0. The largest absolute Gasteiger partial charge is 0.464 e. The molecular formula is C28H26N4O6. The Morgan fingerprint density at radius 2 is 1.92 bits per heavy atom. The molecule has 0 radical (unpaired) electrons. The first-order chi connectivity index (χ1) is 18.2. The standard InChI is InChI=1S/C28H26N4O6/c1-15-10-11-21-18(14-37-26(21)16(15)2)12-24(33)31-30-22-8-5-9-23-25(22)17(3)27(38-23)28(34)29-19-6-4-7-20(13-19)32(35)36/h4,6-7,10-11,13-14H,5,8-9,12H2,1-3H3,(H,29,34)(H,31,33)/b30-22+. The van der Waals surface area contributed by atoms with E-state index in [1.54, 1.807) is 19.3 Å². The highest BCUT2D eigenvalue weighted by molar-refractivity contribution is 6.09. The average Bonchev–Trinajstić information content (AvgIpc) is 3.46. The van der Waals surface area contributed by atoms with E-state index in [1.807, 2.05) is 26.0 Å². The normalized spacial score (nSPS) is 13.9. The molecule has 0 aliphatic heterocycles. The maximum Gasteiger partial charge on any atom is 0.291 e. The Morgan fingerprint density at radius 3 is 2.71 bits per heavy atom. The first-order valence-corrected chi connectivity index (χ1v) is 12.2. The van der Waals surface area contributed by atoms with Crippen molar-refractivity contribution in [2.45, 2.75) is 46.5 Å². The van der Waals surface area contributed by atoms with Crippen LogP contribution in [0.3, 0.4) is 0 Å². The summed E-state index contributed by atoms with van der Waals surface area (Å²) < 4.78 is 11.6. The second-order valence-electron chi connectivity index (χ2n) is 9.38. The van der Waals surface area contributed by atoms with Crippen molar-refractivity contribution in [3.05, 3.63) is 92.1 Å². The Kier molecular flexibility index (Phi) is 6.54.